The van der Waals surface area contributed by atoms with Gasteiger partial charge in [-0.05, 0) is 70.6 Å². The Bertz CT molecular complexity index is 433. The lowest BCUT2D eigenvalue weighted by Crippen LogP contribution is -2.49. The lowest BCUT2D eigenvalue weighted by molar-refractivity contribution is -0.124. The maximum Gasteiger partial charge on any atom is 0.321 e. The van der Waals surface area contributed by atoms with Gasteiger partial charge in [0.1, 0.15) is 0 Å². The molecule has 2 fully saturated rings. The van der Waals surface area contributed by atoms with Crippen molar-refractivity contribution in [1.29, 1.82) is 0 Å². The molecule has 2 N–H and O–H groups in total. The molecule has 2 saturated heterocycles. The fourth-order valence-electron chi connectivity index (χ4n) is 3.78. The van der Waals surface area contributed by atoms with E-state index in [-0.39, 0.29) is 18.0 Å². The van der Waals surface area contributed by atoms with Crippen molar-refractivity contribution in [3.63, 3.8) is 0 Å². The molecule has 2 aliphatic rings. The van der Waals surface area contributed by atoms with Crippen LogP contribution in [0.2, 0.25) is 0 Å². The van der Waals surface area contributed by atoms with E-state index in [1.165, 1.54) is 32.4 Å². The van der Waals surface area contributed by atoms with Gasteiger partial charge in [-0.3, -0.25) is 15.0 Å². The molecule has 0 aromatic rings. The van der Waals surface area contributed by atoms with Crippen molar-refractivity contribution in [3.8, 4) is 0 Å². The zero-order valence-corrected chi connectivity index (χ0v) is 15.7. The highest BCUT2D eigenvalue weighted by Crippen LogP contribution is 2.32. The first kappa shape index (κ1) is 19.2. The van der Waals surface area contributed by atoms with Gasteiger partial charge in [0.2, 0.25) is 5.91 Å². The molecule has 0 radical (unpaired) electrons. The zero-order valence-electron chi connectivity index (χ0n) is 15.7. The second kappa shape index (κ2) is 8.81. The number of urea groups is 1. The summed E-state index contributed by atoms with van der Waals surface area (Å²) < 4.78 is 0. The van der Waals surface area contributed by atoms with Crippen molar-refractivity contribution in [3.05, 3.63) is 0 Å². The predicted octanol–water partition coefficient (Wildman–Crippen LogP) is 1.52. The van der Waals surface area contributed by atoms with E-state index in [0.29, 0.717) is 18.4 Å². The number of rotatable bonds is 5. The normalized spacial score (nSPS) is 25.0. The number of likely N-dealkylation sites (tertiary alicyclic amines) is 2. The summed E-state index contributed by atoms with van der Waals surface area (Å²) in [7, 11) is 2.19. The fourth-order valence-corrected chi connectivity index (χ4v) is 3.78. The monoisotopic (exact) mass is 338 g/mol. The van der Waals surface area contributed by atoms with E-state index in [2.05, 4.69) is 27.5 Å². The van der Waals surface area contributed by atoms with Crippen LogP contribution in [-0.2, 0) is 4.79 Å². The molecule has 24 heavy (non-hydrogen) atoms. The third-order valence-corrected chi connectivity index (χ3v) is 5.52. The van der Waals surface area contributed by atoms with Crippen molar-refractivity contribution in [2.45, 2.75) is 46.1 Å². The Morgan fingerprint density at radius 3 is 2.29 bits per heavy atom. The number of hydrogen-bond acceptors (Lipinski definition) is 4. The van der Waals surface area contributed by atoms with Gasteiger partial charge >= 0.3 is 6.03 Å². The summed E-state index contributed by atoms with van der Waals surface area (Å²) in [5.74, 6) is 1.66. The lowest BCUT2D eigenvalue weighted by atomic mass is 9.84. The Balaban J connectivity index is 1.75. The standard InChI is InChI=1S/C18H34N4O2/c1-13(2)11-19-18(24)20-17(23)14(3)22-10-7-16(12-22)15-5-8-21(4)9-6-15/h13-16H,5-12H2,1-4H3,(H2,19,20,23,24). The molecule has 2 rings (SSSR count). The molecular formula is C18H34N4O2. The molecule has 0 aliphatic carbocycles. The van der Waals surface area contributed by atoms with E-state index in [1.807, 2.05) is 20.8 Å². The smallest absolute Gasteiger partial charge is 0.321 e. The van der Waals surface area contributed by atoms with E-state index >= 15 is 0 Å². The van der Waals surface area contributed by atoms with Crippen LogP contribution in [0.5, 0.6) is 0 Å². The predicted molar refractivity (Wildman–Crippen MR) is 95.7 cm³/mol. The quantitative estimate of drug-likeness (QED) is 0.798. The largest absolute Gasteiger partial charge is 0.338 e. The van der Waals surface area contributed by atoms with E-state index < -0.39 is 0 Å². The van der Waals surface area contributed by atoms with Gasteiger partial charge in [0.05, 0.1) is 6.04 Å². The first-order chi connectivity index (χ1) is 11.4. The van der Waals surface area contributed by atoms with E-state index in [9.17, 15) is 9.59 Å². The number of amides is 3. The van der Waals surface area contributed by atoms with Crippen LogP contribution in [-0.4, -0.2) is 67.6 Å². The van der Waals surface area contributed by atoms with Crippen LogP contribution in [0.3, 0.4) is 0 Å². The van der Waals surface area contributed by atoms with Crippen molar-refractivity contribution in [2.24, 2.45) is 17.8 Å². The molecule has 6 heteroatoms. The molecular weight excluding hydrogens is 304 g/mol. The molecule has 3 amide bonds. The first-order valence-corrected chi connectivity index (χ1v) is 9.38. The zero-order chi connectivity index (χ0) is 17.7. The number of carbonyl (C=O) groups excluding carboxylic acids is 2. The summed E-state index contributed by atoms with van der Waals surface area (Å²) in [6.45, 7) is 10.9. The highest BCUT2D eigenvalue weighted by molar-refractivity contribution is 5.96. The highest BCUT2D eigenvalue weighted by atomic mass is 16.2. The van der Waals surface area contributed by atoms with Crippen LogP contribution in [0.15, 0.2) is 0 Å². The van der Waals surface area contributed by atoms with Crippen molar-refractivity contribution < 1.29 is 9.59 Å². The number of hydrogen-bond donors (Lipinski definition) is 2. The van der Waals surface area contributed by atoms with Crippen LogP contribution in [0.4, 0.5) is 4.79 Å². The molecule has 2 unspecified atom stereocenters. The van der Waals surface area contributed by atoms with Gasteiger partial charge in [-0.15, -0.1) is 0 Å². The SMILES string of the molecule is CC(C)CNC(=O)NC(=O)C(C)N1CCC(C2CCN(C)CC2)C1. The summed E-state index contributed by atoms with van der Waals surface area (Å²) >= 11 is 0. The van der Waals surface area contributed by atoms with Crippen LogP contribution in [0, 0.1) is 17.8 Å². The minimum Gasteiger partial charge on any atom is -0.338 e. The Kier molecular flexibility index (Phi) is 7.04. The average molecular weight is 338 g/mol. The molecule has 0 saturated carbocycles. The molecule has 0 aromatic carbocycles. The van der Waals surface area contributed by atoms with Crippen LogP contribution in [0.1, 0.15) is 40.0 Å². The molecule has 2 heterocycles. The van der Waals surface area contributed by atoms with Gasteiger partial charge in [0.25, 0.3) is 0 Å². The Labute approximate surface area is 146 Å². The molecule has 2 atom stereocenters. The Hall–Kier alpha value is -1.14. The van der Waals surface area contributed by atoms with Gasteiger partial charge in [-0.2, -0.15) is 0 Å². The Morgan fingerprint density at radius 2 is 1.67 bits per heavy atom. The fraction of sp³-hybridized carbons (Fsp3) is 0.889. The van der Waals surface area contributed by atoms with Crippen molar-refractivity contribution in [2.75, 3.05) is 39.8 Å². The summed E-state index contributed by atoms with van der Waals surface area (Å²) in [4.78, 5) is 28.7. The van der Waals surface area contributed by atoms with Crippen LogP contribution < -0.4 is 10.6 Å². The van der Waals surface area contributed by atoms with Gasteiger partial charge in [-0.1, -0.05) is 13.8 Å². The average Bonchev–Trinajstić information content (AvgIpc) is 3.02. The van der Waals surface area contributed by atoms with E-state index in [4.69, 9.17) is 0 Å². The van der Waals surface area contributed by atoms with Crippen LogP contribution in [0.25, 0.3) is 0 Å². The molecule has 6 nitrogen and oxygen atoms in total. The highest BCUT2D eigenvalue weighted by Gasteiger charge is 2.35. The van der Waals surface area contributed by atoms with Gasteiger partial charge in [0.15, 0.2) is 0 Å². The number of nitrogens with zero attached hydrogens (tertiary/aromatic N) is 2. The van der Waals surface area contributed by atoms with Crippen LogP contribution >= 0.6 is 0 Å². The summed E-state index contributed by atoms with van der Waals surface area (Å²) in [5, 5.41) is 5.20. The summed E-state index contributed by atoms with van der Waals surface area (Å²) in [5.41, 5.74) is 0. The maximum absolute atomic E-state index is 12.3. The van der Waals surface area contributed by atoms with E-state index in [1.54, 1.807) is 0 Å². The number of imide groups is 1. The number of piperidine rings is 1. The van der Waals surface area contributed by atoms with Crippen molar-refractivity contribution >= 4 is 11.9 Å². The molecule has 0 bridgehead atoms. The Morgan fingerprint density at radius 1 is 1.04 bits per heavy atom. The second-order valence-electron chi connectivity index (χ2n) is 7.95. The van der Waals surface area contributed by atoms with Gasteiger partial charge in [-0.25, -0.2) is 4.79 Å². The third-order valence-electron chi connectivity index (χ3n) is 5.52. The molecule has 138 valence electrons. The molecule has 0 spiro atoms. The third kappa shape index (κ3) is 5.45. The maximum atomic E-state index is 12.3. The van der Waals surface area contributed by atoms with Crippen molar-refractivity contribution in [1.82, 2.24) is 20.4 Å². The minimum atomic E-state index is -0.383. The van der Waals surface area contributed by atoms with Gasteiger partial charge < -0.3 is 10.2 Å². The lowest BCUT2D eigenvalue weighted by Gasteiger charge is -2.33. The van der Waals surface area contributed by atoms with Gasteiger partial charge in [0, 0.05) is 13.1 Å². The molecule has 0 aromatic heterocycles. The minimum absolute atomic E-state index is 0.194. The summed E-state index contributed by atoms with van der Waals surface area (Å²) in [6, 6.07) is -0.627. The second-order valence-corrected chi connectivity index (χ2v) is 7.95. The first-order valence-electron chi connectivity index (χ1n) is 9.38. The summed E-state index contributed by atoms with van der Waals surface area (Å²) in [6.07, 6.45) is 3.71. The van der Waals surface area contributed by atoms with E-state index in [0.717, 1.165) is 19.0 Å². The molecule has 2 aliphatic heterocycles. The number of nitrogens with one attached hydrogen (secondary N) is 2. The number of carbonyl (C=O) groups is 2. The topological polar surface area (TPSA) is 64.7 Å².